The molecule has 0 saturated carbocycles. The van der Waals surface area contributed by atoms with Gasteiger partial charge in [0.1, 0.15) is 6.10 Å². The molecule has 1 aromatic rings. The molecule has 2 rings (SSSR count). The lowest BCUT2D eigenvalue weighted by molar-refractivity contribution is -0.384. The summed E-state index contributed by atoms with van der Waals surface area (Å²) in [7, 11) is 0. The second kappa shape index (κ2) is 5.61. The van der Waals surface area contributed by atoms with E-state index in [1.54, 1.807) is 0 Å². The number of rotatable bonds is 5. The highest BCUT2D eigenvalue weighted by Gasteiger charge is 2.29. The van der Waals surface area contributed by atoms with Crippen molar-refractivity contribution in [2.24, 2.45) is 5.73 Å². The Balaban J connectivity index is 1.93. The third kappa shape index (κ3) is 3.16. The van der Waals surface area contributed by atoms with E-state index in [4.69, 9.17) is 10.5 Å². The number of aromatic nitrogens is 1. The molecule has 1 aromatic heterocycles. The number of nitro groups is 1. The van der Waals surface area contributed by atoms with Crippen molar-refractivity contribution in [1.82, 2.24) is 4.98 Å². The van der Waals surface area contributed by atoms with Crippen molar-refractivity contribution in [2.75, 3.05) is 11.9 Å². The van der Waals surface area contributed by atoms with Gasteiger partial charge in [-0.15, -0.1) is 0 Å². The van der Waals surface area contributed by atoms with Crippen LogP contribution >= 0.6 is 0 Å². The first-order valence-electron chi connectivity index (χ1n) is 5.86. The smallest absolute Gasteiger partial charge is 0.311 e. The fourth-order valence-corrected chi connectivity index (χ4v) is 1.96. The summed E-state index contributed by atoms with van der Waals surface area (Å²) in [5.74, 6) is -0.287. The molecule has 2 atom stereocenters. The molecule has 2 heterocycles. The minimum Gasteiger partial charge on any atom is -0.367 e. The Hall–Kier alpha value is -2.22. The van der Waals surface area contributed by atoms with Crippen molar-refractivity contribution < 1.29 is 14.5 Å². The summed E-state index contributed by atoms with van der Waals surface area (Å²) in [6.07, 6.45) is 1.97. The van der Waals surface area contributed by atoms with E-state index in [9.17, 15) is 14.9 Å². The van der Waals surface area contributed by atoms with E-state index in [0.717, 1.165) is 0 Å². The Kier molecular flexibility index (Phi) is 3.91. The van der Waals surface area contributed by atoms with E-state index < -0.39 is 16.9 Å². The van der Waals surface area contributed by atoms with Gasteiger partial charge < -0.3 is 15.8 Å². The molecule has 19 heavy (non-hydrogen) atoms. The number of carbonyl (C=O) groups excluding carboxylic acids is 1. The molecule has 1 saturated heterocycles. The number of amides is 1. The Morgan fingerprint density at radius 1 is 1.63 bits per heavy atom. The van der Waals surface area contributed by atoms with Crippen molar-refractivity contribution in [3.05, 3.63) is 28.4 Å². The maximum absolute atomic E-state index is 10.9. The molecule has 0 aromatic carbocycles. The number of pyridine rings is 1. The maximum atomic E-state index is 10.9. The number of nitrogens with one attached hydrogen (secondary N) is 1. The van der Waals surface area contributed by atoms with Gasteiger partial charge in [-0.25, -0.2) is 4.98 Å². The van der Waals surface area contributed by atoms with Crippen LogP contribution in [0.25, 0.3) is 0 Å². The Morgan fingerprint density at radius 2 is 2.42 bits per heavy atom. The van der Waals surface area contributed by atoms with Gasteiger partial charge in [0.2, 0.25) is 11.7 Å². The lowest BCUT2D eigenvalue weighted by atomic mass is 10.2. The van der Waals surface area contributed by atoms with Gasteiger partial charge in [-0.1, -0.05) is 0 Å². The third-order valence-electron chi connectivity index (χ3n) is 2.91. The zero-order valence-corrected chi connectivity index (χ0v) is 10.1. The molecule has 1 aliphatic heterocycles. The van der Waals surface area contributed by atoms with Crippen LogP contribution in [0.15, 0.2) is 18.3 Å². The Bertz CT molecular complexity index is 493. The highest BCUT2D eigenvalue weighted by atomic mass is 16.6. The molecule has 3 N–H and O–H groups in total. The molecule has 1 fully saturated rings. The average Bonchev–Trinajstić information content (AvgIpc) is 2.85. The Labute approximate surface area is 109 Å². The van der Waals surface area contributed by atoms with E-state index in [-0.39, 0.29) is 17.6 Å². The molecule has 0 bridgehead atoms. The van der Waals surface area contributed by atoms with Crippen LogP contribution in [-0.2, 0) is 9.53 Å². The predicted molar refractivity (Wildman–Crippen MR) is 66.5 cm³/mol. The highest BCUT2D eigenvalue weighted by Crippen LogP contribution is 2.23. The topological polar surface area (TPSA) is 120 Å². The minimum atomic E-state index is -0.564. The van der Waals surface area contributed by atoms with Crippen molar-refractivity contribution in [2.45, 2.75) is 25.0 Å². The molecule has 0 aliphatic carbocycles. The summed E-state index contributed by atoms with van der Waals surface area (Å²) in [5, 5.41) is 13.7. The lowest BCUT2D eigenvalue weighted by Crippen LogP contribution is -2.30. The first kappa shape index (κ1) is 13.2. The van der Waals surface area contributed by atoms with Crippen LogP contribution in [0.3, 0.4) is 0 Å². The molecule has 0 spiro atoms. The zero-order chi connectivity index (χ0) is 13.8. The summed E-state index contributed by atoms with van der Waals surface area (Å²) in [6.45, 7) is 0.349. The first-order chi connectivity index (χ1) is 9.08. The number of hydrogen-bond donors (Lipinski definition) is 2. The van der Waals surface area contributed by atoms with Crippen LogP contribution < -0.4 is 11.1 Å². The first-order valence-corrected chi connectivity index (χ1v) is 5.86. The van der Waals surface area contributed by atoms with Gasteiger partial charge in [-0.2, -0.15) is 0 Å². The van der Waals surface area contributed by atoms with Gasteiger partial charge in [-0.3, -0.25) is 14.9 Å². The summed E-state index contributed by atoms with van der Waals surface area (Å²) in [4.78, 5) is 25.1. The summed E-state index contributed by atoms with van der Waals surface area (Å²) >= 11 is 0. The van der Waals surface area contributed by atoms with E-state index in [1.807, 2.05) is 0 Å². The van der Waals surface area contributed by atoms with Crippen molar-refractivity contribution in [3.8, 4) is 0 Å². The van der Waals surface area contributed by atoms with Crippen LogP contribution in [0.2, 0.25) is 0 Å². The van der Waals surface area contributed by atoms with E-state index in [2.05, 4.69) is 10.3 Å². The molecular formula is C11H14N4O4. The minimum absolute atomic E-state index is 0.0908. The van der Waals surface area contributed by atoms with Crippen LogP contribution in [0.4, 0.5) is 11.5 Å². The van der Waals surface area contributed by atoms with Gasteiger partial charge >= 0.3 is 5.69 Å². The predicted octanol–water partition coefficient (Wildman–Crippen LogP) is 0.435. The lowest BCUT2D eigenvalue weighted by Gasteiger charge is -2.12. The number of ether oxygens (including phenoxy) is 1. The normalized spacial score (nSPS) is 22.1. The summed E-state index contributed by atoms with van der Waals surface area (Å²) in [6, 6.07) is 2.87. The largest absolute Gasteiger partial charge is 0.367 e. The van der Waals surface area contributed by atoms with Crippen molar-refractivity contribution in [1.29, 1.82) is 0 Å². The van der Waals surface area contributed by atoms with Crippen LogP contribution in [0.1, 0.15) is 12.8 Å². The molecular weight excluding hydrogens is 252 g/mol. The molecule has 8 nitrogen and oxygen atoms in total. The second-order valence-electron chi connectivity index (χ2n) is 4.24. The highest BCUT2D eigenvalue weighted by molar-refractivity contribution is 5.79. The van der Waals surface area contributed by atoms with Crippen molar-refractivity contribution in [3.63, 3.8) is 0 Å². The number of primary amides is 1. The number of nitrogens with zero attached hydrogens (tertiary/aromatic N) is 2. The van der Waals surface area contributed by atoms with Crippen LogP contribution in [-0.4, -0.2) is 34.6 Å². The fourth-order valence-electron chi connectivity index (χ4n) is 1.96. The third-order valence-corrected chi connectivity index (χ3v) is 2.91. The summed E-state index contributed by atoms with van der Waals surface area (Å²) < 4.78 is 5.41. The van der Waals surface area contributed by atoms with Gasteiger partial charge in [0, 0.05) is 18.8 Å². The number of hydrogen-bond acceptors (Lipinski definition) is 6. The van der Waals surface area contributed by atoms with Crippen LogP contribution in [0.5, 0.6) is 0 Å². The van der Waals surface area contributed by atoms with E-state index >= 15 is 0 Å². The standard InChI is InChI=1S/C11H14N4O4/c12-10(16)9-4-3-7(19-9)6-14-11-8(15(17)18)2-1-5-13-11/h1-2,5,7,9H,3-4,6H2,(H2,12,16)(H,13,14). The maximum Gasteiger partial charge on any atom is 0.311 e. The molecule has 1 aliphatic rings. The molecule has 102 valence electrons. The van der Waals surface area contributed by atoms with Crippen molar-refractivity contribution >= 4 is 17.4 Å². The van der Waals surface area contributed by atoms with E-state index in [1.165, 1.54) is 18.3 Å². The molecule has 0 radical (unpaired) electrons. The SMILES string of the molecule is NC(=O)C1CCC(CNc2ncccc2[N+](=O)[O-])O1. The number of anilines is 1. The van der Waals surface area contributed by atoms with E-state index in [0.29, 0.717) is 19.4 Å². The number of carbonyl (C=O) groups is 1. The second-order valence-corrected chi connectivity index (χ2v) is 4.24. The zero-order valence-electron chi connectivity index (χ0n) is 10.1. The quantitative estimate of drug-likeness (QED) is 0.589. The van der Waals surface area contributed by atoms with Crippen LogP contribution in [0, 0.1) is 10.1 Å². The fraction of sp³-hybridized carbons (Fsp3) is 0.455. The van der Waals surface area contributed by atoms with Gasteiger partial charge in [0.05, 0.1) is 11.0 Å². The number of nitrogens with two attached hydrogens (primary N) is 1. The molecule has 1 amide bonds. The Morgan fingerprint density at radius 3 is 3.05 bits per heavy atom. The van der Waals surface area contributed by atoms with Gasteiger partial charge in [-0.05, 0) is 18.9 Å². The molecule has 8 heteroatoms. The van der Waals surface area contributed by atoms with Gasteiger partial charge in [0.25, 0.3) is 0 Å². The summed E-state index contributed by atoms with van der Waals surface area (Å²) in [5.41, 5.74) is 5.05. The van der Waals surface area contributed by atoms with Gasteiger partial charge in [0.15, 0.2) is 0 Å². The monoisotopic (exact) mass is 266 g/mol. The molecule has 2 unspecified atom stereocenters. The average molecular weight is 266 g/mol.